The molecule has 1 aromatic heterocycles. The van der Waals surface area contributed by atoms with Gasteiger partial charge in [0.2, 0.25) is 10.0 Å². The van der Waals surface area contributed by atoms with Crippen LogP contribution in [0, 0.1) is 0 Å². The van der Waals surface area contributed by atoms with Crippen LogP contribution in [0.4, 0.5) is 0 Å². The Labute approximate surface area is 161 Å². The Morgan fingerprint density at radius 3 is 2.54 bits per heavy atom. The maximum Gasteiger partial charge on any atom is 0.244 e. The summed E-state index contributed by atoms with van der Waals surface area (Å²) in [6.07, 6.45) is 3.49. The van der Waals surface area contributed by atoms with Crippen molar-refractivity contribution in [1.29, 1.82) is 0 Å². The van der Waals surface area contributed by atoms with Gasteiger partial charge < -0.3 is 0 Å². The summed E-state index contributed by atoms with van der Waals surface area (Å²) in [5.41, 5.74) is 1.64. The van der Waals surface area contributed by atoms with Gasteiger partial charge in [0.05, 0.1) is 16.0 Å². The van der Waals surface area contributed by atoms with Crippen molar-refractivity contribution in [3.05, 3.63) is 77.6 Å². The zero-order valence-electron chi connectivity index (χ0n) is 13.7. The fourth-order valence-electron chi connectivity index (χ4n) is 2.95. The number of halogens is 1. The highest BCUT2D eigenvalue weighted by Gasteiger charge is 2.37. The molecule has 0 spiro atoms. The molecule has 2 heterocycles. The Kier molecular flexibility index (Phi) is 4.79. The van der Waals surface area contributed by atoms with Crippen LogP contribution in [0.15, 0.2) is 71.9 Å². The molecule has 2 aromatic carbocycles. The number of rotatable bonds is 4. The summed E-state index contributed by atoms with van der Waals surface area (Å²) in [4.78, 5) is 0.271. The Hall–Kier alpha value is -1.80. The molecule has 26 heavy (non-hydrogen) atoms. The Morgan fingerprint density at radius 1 is 1.08 bits per heavy atom. The predicted molar refractivity (Wildman–Crippen MR) is 104 cm³/mol. The van der Waals surface area contributed by atoms with Gasteiger partial charge in [-0.1, -0.05) is 29.8 Å². The molecule has 1 fully saturated rings. The molecular formula is C18H16ClN3O2S2. The third-order valence-electron chi connectivity index (χ3n) is 4.23. The van der Waals surface area contributed by atoms with Crippen molar-refractivity contribution in [2.75, 3.05) is 12.3 Å². The number of benzene rings is 2. The van der Waals surface area contributed by atoms with E-state index in [2.05, 4.69) is 5.10 Å². The van der Waals surface area contributed by atoms with Crippen molar-refractivity contribution in [1.82, 2.24) is 14.1 Å². The zero-order chi connectivity index (χ0) is 18.1. The van der Waals surface area contributed by atoms with Crippen molar-refractivity contribution in [3.8, 4) is 5.69 Å². The van der Waals surface area contributed by atoms with Gasteiger partial charge in [-0.15, -0.1) is 11.8 Å². The third-order valence-corrected chi connectivity index (χ3v) is 7.83. The van der Waals surface area contributed by atoms with E-state index in [1.165, 1.54) is 4.31 Å². The molecule has 8 heteroatoms. The monoisotopic (exact) mass is 405 g/mol. The fourth-order valence-corrected chi connectivity index (χ4v) is 6.52. The minimum absolute atomic E-state index is 0.271. The van der Waals surface area contributed by atoms with E-state index in [0.717, 1.165) is 17.0 Å². The molecule has 0 aliphatic carbocycles. The second-order valence-electron chi connectivity index (χ2n) is 5.80. The first-order chi connectivity index (χ1) is 12.6. The van der Waals surface area contributed by atoms with Gasteiger partial charge in [-0.05, 0) is 42.0 Å². The van der Waals surface area contributed by atoms with E-state index in [9.17, 15) is 8.42 Å². The van der Waals surface area contributed by atoms with Gasteiger partial charge in [0, 0.05) is 29.7 Å². The highest BCUT2D eigenvalue weighted by molar-refractivity contribution is 8.01. The smallest absolute Gasteiger partial charge is 0.241 e. The van der Waals surface area contributed by atoms with E-state index >= 15 is 0 Å². The van der Waals surface area contributed by atoms with Crippen molar-refractivity contribution in [2.45, 2.75) is 10.3 Å². The van der Waals surface area contributed by atoms with Crippen LogP contribution < -0.4 is 0 Å². The van der Waals surface area contributed by atoms with Gasteiger partial charge in [0.15, 0.2) is 0 Å². The minimum Gasteiger partial charge on any atom is -0.241 e. The number of aromatic nitrogens is 2. The molecule has 0 saturated carbocycles. The van der Waals surface area contributed by atoms with Crippen molar-refractivity contribution in [2.24, 2.45) is 0 Å². The lowest BCUT2D eigenvalue weighted by atomic mass is 10.2. The molecule has 0 radical (unpaired) electrons. The highest BCUT2D eigenvalue weighted by Crippen LogP contribution is 2.43. The first kappa shape index (κ1) is 17.6. The van der Waals surface area contributed by atoms with E-state index in [0.29, 0.717) is 11.6 Å². The summed E-state index contributed by atoms with van der Waals surface area (Å²) in [7, 11) is -3.61. The summed E-state index contributed by atoms with van der Waals surface area (Å²) in [6, 6.07) is 16.0. The second-order valence-corrected chi connectivity index (χ2v) is 9.29. The number of sulfonamides is 1. The first-order valence-corrected chi connectivity index (χ1v) is 10.9. The molecule has 3 aromatic rings. The molecule has 0 amide bonds. The molecule has 0 N–H and O–H groups in total. The summed E-state index contributed by atoms with van der Waals surface area (Å²) in [6.45, 7) is 0.462. The Balaban J connectivity index is 1.66. The lowest BCUT2D eigenvalue weighted by molar-refractivity contribution is 0.434. The van der Waals surface area contributed by atoms with Gasteiger partial charge in [0.25, 0.3) is 0 Å². The fraction of sp³-hybridized carbons (Fsp3) is 0.167. The lowest BCUT2D eigenvalue weighted by Crippen LogP contribution is -2.30. The molecule has 5 nitrogen and oxygen atoms in total. The molecule has 1 aliphatic heterocycles. The zero-order valence-corrected chi connectivity index (χ0v) is 16.1. The van der Waals surface area contributed by atoms with E-state index in [4.69, 9.17) is 11.6 Å². The SMILES string of the molecule is O=S(=O)(c1ccc(-n2cccn2)cc1)N1CCSC1c1ccccc1Cl. The molecule has 134 valence electrons. The van der Waals surface area contributed by atoms with Crippen molar-refractivity contribution in [3.63, 3.8) is 0 Å². The minimum atomic E-state index is -3.61. The van der Waals surface area contributed by atoms with E-state index in [1.54, 1.807) is 53.0 Å². The summed E-state index contributed by atoms with van der Waals surface area (Å²) < 4.78 is 29.6. The van der Waals surface area contributed by atoms with Crippen LogP contribution >= 0.6 is 23.4 Å². The molecule has 0 bridgehead atoms. The molecule has 1 atom stereocenters. The normalized spacial score (nSPS) is 18.3. The number of thioether (sulfide) groups is 1. The number of hydrogen-bond acceptors (Lipinski definition) is 4. The maximum atomic E-state index is 13.2. The van der Waals surface area contributed by atoms with Crippen molar-refractivity contribution < 1.29 is 8.42 Å². The Bertz CT molecular complexity index is 1010. The van der Waals surface area contributed by atoms with Gasteiger partial charge in [-0.3, -0.25) is 0 Å². The topological polar surface area (TPSA) is 55.2 Å². The third kappa shape index (κ3) is 3.16. The van der Waals surface area contributed by atoms with Crippen LogP contribution in [0.1, 0.15) is 10.9 Å². The maximum absolute atomic E-state index is 13.2. The van der Waals surface area contributed by atoms with E-state index < -0.39 is 10.0 Å². The van der Waals surface area contributed by atoms with Crippen LogP contribution in [0.25, 0.3) is 5.69 Å². The van der Waals surface area contributed by atoms with E-state index in [1.807, 2.05) is 30.5 Å². The van der Waals surface area contributed by atoms with Crippen LogP contribution in [-0.2, 0) is 10.0 Å². The number of hydrogen-bond donors (Lipinski definition) is 0. The second kappa shape index (κ2) is 7.08. The average molecular weight is 406 g/mol. The van der Waals surface area contributed by atoms with Crippen molar-refractivity contribution >= 4 is 33.4 Å². The first-order valence-electron chi connectivity index (χ1n) is 8.05. The summed E-state index contributed by atoms with van der Waals surface area (Å²) in [5.74, 6) is 0.737. The van der Waals surface area contributed by atoms with Crippen LogP contribution in [0.2, 0.25) is 5.02 Å². The number of nitrogens with zero attached hydrogens (tertiary/aromatic N) is 3. The van der Waals surface area contributed by atoms with E-state index in [-0.39, 0.29) is 10.3 Å². The van der Waals surface area contributed by atoms with Gasteiger partial charge in [-0.25, -0.2) is 13.1 Å². The van der Waals surface area contributed by atoms with Crippen LogP contribution in [0.5, 0.6) is 0 Å². The predicted octanol–water partition coefficient (Wildman–Crippen LogP) is 3.96. The molecule has 1 aliphatic rings. The Morgan fingerprint density at radius 2 is 1.85 bits per heavy atom. The van der Waals surface area contributed by atoms with Crippen LogP contribution in [-0.4, -0.2) is 34.8 Å². The largest absolute Gasteiger partial charge is 0.244 e. The summed E-state index contributed by atoms with van der Waals surface area (Å²) in [5, 5.41) is 4.43. The van der Waals surface area contributed by atoms with Crippen LogP contribution in [0.3, 0.4) is 0 Å². The molecular weight excluding hydrogens is 390 g/mol. The lowest BCUT2D eigenvalue weighted by Gasteiger charge is -2.24. The molecule has 1 unspecified atom stereocenters. The summed E-state index contributed by atoms with van der Waals surface area (Å²) >= 11 is 7.89. The quantitative estimate of drug-likeness (QED) is 0.659. The highest BCUT2D eigenvalue weighted by atomic mass is 35.5. The molecule has 4 rings (SSSR count). The van der Waals surface area contributed by atoms with Gasteiger partial charge >= 0.3 is 0 Å². The molecule has 1 saturated heterocycles. The standard InChI is InChI=1S/C18H16ClN3O2S2/c19-17-5-2-1-4-16(17)18-22(12-13-25-18)26(23,24)15-8-6-14(7-9-15)21-11-3-10-20-21/h1-11,18H,12-13H2. The van der Waals surface area contributed by atoms with Gasteiger partial charge in [-0.2, -0.15) is 9.40 Å². The average Bonchev–Trinajstić information content (AvgIpc) is 3.34. The van der Waals surface area contributed by atoms with Gasteiger partial charge in [0.1, 0.15) is 0 Å².